The summed E-state index contributed by atoms with van der Waals surface area (Å²) in [5, 5.41) is 0.110. The molecule has 1 aromatic rings. The van der Waals surface area contributed by atoms with Crippen LogP contribution in [0.2, 0.25) is 18.1 Å². The van der Waals surface area contributed by atoms with Crippen LogP contribution in [0.5, 0.6) is 0 Å². The van der Waals surface area contributed by atoms with Crippen LogP contribution in [0.15, 0.2) is 18.2 Å². The summed E-state index contributed by atoms with van der Waals surface area (Å²) < 4.78 is 19.6. The fourth-order valence-corrected chi connectivity index (χ4v) is 5.31. The minimum absolute atomic E-state index is 0.0239. The van der Waals surface area contributed by atoms with Gasteiger partial charge in [0.2, 0.25) is 0 Å². The van der Waals surface area contributed by atoms with E-state index in [-0.39, 0.29) is 23.3 Å². The van der Waals surface area contributed by atoms with E-state index >= 15 is 0 Å². The highest BCUT2D eigenvalue weighted by Gasteiger charge is 2.40. The first kappa shape index (κ1) is 28.4. The highest BCUT2D eigenvalue weighted by molar-refractivity contribution is 14.1. The number of hydrogen-bond acceptors (Lipinski definition) is 5. The molecular weight excluding hydrogens is 547 g/mol. The number of carbonyl (C=O) groups excluding carboxylic acids is 1. The molecule has 1 aromatic carbocycles. The molecule has 0 unspecified atom stereocenters. The molecule has 1 aliphatic heterocycles. The number of benzene rings is 1. The highest BCUT2D eigenvalue weighted by atomic mass is 127. The monoisotopic (exact) mass is 590 g/mol. The van der Waals surface area contributed by atoms with Crippen LogP contribution in [-0.4, -0.2) is 56.8 Å². The normalized spacial score (nSPS) is 20.1. The van der Waals surface area contributed by atoms with Gasteiger partial charge < -0.3 is 19.6 Å². The summed E-state index contributed by atoms with van der Waals surface area (Å²) >= 11 is 2.34. The van der Waals surface area contributed by atoms with Gasteiger partial charge in [-0.2, -0.15) is 0 Å². The molecule has 0 spiro atoms. The predicted octanol–water partition coefficient (Wildman–Crippen LogP) is 6.22. The van der Waals surface area contributed by atoms with Crippen LogP contribution in [0.1, 0.15) is 59.9 Å². The van der Waals surface area contributed by atoms with Gasteiger partial charge in [-0.3, -0.25) is 4.90 Å². The van der Waals surface area contributed by atoms with Crippen LogP contribution in [-0.2, 0) is 20.3 Å². The molecular formula is C25H43IN2O4Si. The fourth-order valence-electron chi connectivity index (χ4n) is 3.48. The van der Waals surface area contributed by atoms with Crippen LogP contribution in [0.4, 0.5) is 10.5 Å². The van der Waals surface area contributed by atoms with E-state index in [4.69, 9.17) is 19.6 Å². The van der Waals surface area contributed by atoms with Crippen molar-refractivity contribution in [2.24, 2.45) is 0 Å². The maximum atomic E-state index is 13.1. The van der Waals surface area contributed by atoms with E-state index in [1.165, 1.54) is 9.13 Å². The lowest BCUT2D eigenvalue weighted by atomic mass is 10.0. The van der Waals surface area contributed by atoms with Crippen molar-refractivity contribution >= 4 is 42.7 Å². The Bertz CT molecular complexity index is 784. The average molecular weight is 591 g/mol. The maximum Gasteiger partial charge on any atom is 0.410 e. The van der Waals surface area contributed by atoms with Crippen molar-refractivity contribution < 1.29 is 18.7 Å². The zero-order valence-corrected chi connectivity index (χ0v) is 24.8. The van der Waals surface area contributed by atoms with Crippen molar-refractivity contribution in [3.05, 3.63) is 27.3 Å². The standard InChI is InChI=1S/C25H43IN2O4Si/c1-24(2,3)32-23(29)28-15-19(11-9-12-20-21(26)13-10-14-22(20)27)30-16-18(28)17-31-33(7,8)25(4,5)6/h10,13-14,18-19H,9,11-12,15-17,27H2,1-8H3/t18-,19+/m0/s1. The summed E-state index contributed by atoms with van der Waals surface area (Å²) in [4.78, 5) is 14.9. The molecule has 0 aliphatic carbocycles. The molecule has 188 valence electrons. The number of morpholine rings is 1. The SMILES string of the molecule is CC(C)(C)OC(=O)N1C[C@@H](CCCc2c(N)cccc2I)OC[C@H]1CO[Si](C)(C)C(C)(C)C. The second-order valence-corrected chi connectivity index (χ2v) is 17.5. The molecule has 6 nitrogen and oxygen atoms in total. The number of hydrogen-bond donors (Lipinski definition) is 1. The Kier molecular flexibility index (Phi) is 9.69. The summed E-state index contributed by atoms with van der Waals surface area (Å²) in [6.07, 6.45) is 2.39. The summed E-state index contributed by atoms with van der Waals surface area (Å²) in [6.45, 7) is 18.3. The van der Waals surface area contributed by atoms with Crippen molar-refractivity contribution in [1.29, 1.82) is 0 Å². The Morgan fingerprint density at radius 3 is 2.48 bits per heavy atom. The van der Waals surface area contributed by atoms with Crippen LogP contribution >= 0.6 is 22.6 Å². The van der Waals surface area contributed by atoms with Crippen molar-refractivity contribution in [3.8, 4) is 0 Å². The highest BCUT2D eigenvalue weighted by Crippen LogP contribution is 2.37. The summed E-state index contributed by atoms with van der Waals surface area (Å²) in [5.41, 5.74) is 7.65. The first-order chi connectivity index (χ1) is 15.1. The van der Waals surface area contributed by atoms with Crippen molar-refractivity contribution in [1.82, 2.24) is 4.90 Å². The molecule has 2 N–H and O–H groups in total. The van der Waals surface area contributed by atoms with Crippen LogP contribution < -0.4 is 5.73 Å². The second kappa shape index (κ2) is 11.3. The summed E-state index contributed by atoms with van der Waals surface area (Å²) in [6, 6.07) is 5.87. The number of halogens is 1. The predicted molar refractivity (Wildman–Crippen MR) is 146 cm³/mol. The molecule has 0 bridgehead atoms. The largest absolute Gasteiger partial charge is 0.444 e. The molecule has 0 saturated carbocycles. The third kappa shape index (κ3) is 8.40. The summed E-state index contributed by atoms with van der Waals surface area (Å²) in [7, 11) is -1.93. The van der Waals surface area contributed by atoms with E-state index in [1.54, 1.807) is 0 Å². The van der Waals surface area contributed by atoms with E-state index in [1.807, 2.05) is 37.8 Å². The number of ether oxygens (including phenoxy) is 2. The van der Waals surface area contributed by atoms with Gasteiger partial charge in [-0.15, -0.1) is 0 Å². The molecule has 1 heterocycles. The number of carbonyl (C=O) groups is 1. The van der Waals surface area contributed by atoms with Crippen LogP contribution in [0, 0.1) is 3.57 Å². The third-order valence-corrected chi connectivity index (χ3v) is 12.1. The minimum Gasteiger partial charge on any atom is -0.444 e. The van der Waals surface area contributed by atoms with Gasteiger partial charge in [-0.1, -0.05) is 26.8 Å². The number of rotatable bonds is 7. The molecule has 0 aromatic heterocycles. The molecule has 1 aliphatic rings. The van der Waals surface area contributed by atoms with Crippen molar-refractivity contribution in [2.75, 3.05) is 25.5 Å². The maximum absolute atomic E-state index is 13.1. The smallest absolute Gasteiger partial charge is 0.410 e. The van der Waals surface area contributed by atoms with Gasteiger partial charge in [0.15, 0.2) is 8.32 Å². The third-order valence-electron chi connectivity index (χ3n) is 6.54. The molecule has 33 heavy (non-hydrogen) atoms. The second-order valence-electron chi connectivity index (χ2n) is 11.5. The van der Waals surface area contributed by atoms with Crippen molar-refractivity contribution in [2.45, 2.75) is 96.7 Å². The molecule has 0 radical (unpaired) electrons. The molecule has 2 rings (SSSR count). The Labute approximate surface area is 215 Å². The Hall–Kier alpha value is -0.843. The molecule has 1 amide bonds. The number of nitrogens with zero attached hydrogens (tertiary/aromatic N) is 1. The number of nitrogens with two attached hydrogens (primary N) is 1. The van der Waals surface area contributed by atoms with Crippen LogP contribution in [0.25, 0.3) is 0 Å². The van der Waals surface area contributed by atoms with E-state index in [9.17, 15) is 4.79 Å². The lowest BCUT2D eigenvalue weighted by Crippen LogP contribution is -2.56. The van der Waals surface area contributed by atoms with Gasteiger partial charge in [0.1, 0.15) is 5.60 Å². The quantitative estimate of drug-likeness (QED) is 0.232. The Morgan fingerprint density at radius 1 is 1.24 bits per heavy atom. The lowest BCUT2D eigenvalue weighted by molar-refractivity contribution is -0.0814. The number of anilines is 1. The molecule has 1 saturated heterocycles. The van der Waals surface area contributed by atoms with Gasteiger partial charge in [0, 0.05) is 9.26 Å². The number of nitrogen functional groups attached to an aromatic ring is 1. The van der Waals surface area contributed by atoms with Crippen LogP contribution in [0.3, 0.4) is 0 Å². The molecule has 2 atom stereocenters. The summed E-state index contributed by atoms with van der Waals surface area (Å²) in [5.74, 6) is 0. The van der Waals surface area contributed by atoms with Gasteiger partial charge in [0.25, 0.3) is 0 Å². The lowest BCUT2D eigenvalue weighted by Gasteiger charge is -2.43. The zero-order valence-electron chi connectivity index (χ0n) is 21.7. The minimum atomic E-state index is -1.93. The Morgan fingerprint density at radius 2 is 1.91 bits per heavy atom. The fraction of sp³-hybridized carbons (Fsp3) is 0.720. The van der Waals surface area contributed by atoms with E-state index in [0.29, 0.717) is 19.8 Å². The zero-order chi connectivity index (χ0) is 25.0. The van der Waals surface area contributed by atoms with Gasteiger partial charge >= 0.3 is 6.09 Å². The Balaban J connectivity index is 2.03. The van der Waals surface area contributed by atoms with E-state index in [0.717, 1.165) is 24.9 Å². The molecule has 1 fully saturated rings. The van der Waals surface area contributed by atoms with Gasteiger partial charge in [-0.25, -0.2) is 4.79 Å². The first-order valence-corrected chi connectivity index (χ1v) is 15.9. The van der Waals surface area contributed by atoms with E-state index in [2.05, 4.69) is 62.5 Å². The topological polar surface area (TPSA) is 74.0 Å². The van der Waals surface area contributed by atoms with Gasteiger partial charge in [0.05, 0.1) is 31.9 Å². The van der Waals surface area contributed by atoms with Gasteiger partial charge in [-0.05, 0) is 98.5 Å². The first-order valence-electron chi connectivity index (χ1n) is 11.9. The van der Waals surface area contributed by atoms with E-state index < -0.39 is 13.9 Å². The molecule has 8 heteroatoms. The van der Waals surface area contributed by atoms with Crippen molar-refractivity contribution in [3.63, 3.8) is 0 Å². The average Bonchev–Trinajstić information content (AvgIpc) is 2.67. The number of amides is 1.